The fourth-order valence-corrected chi connectivity index (χ4v) is 1.31. The van der Waals surface area contributed by atoms with Gasteiger partial charge in [-0.3, -0.25) is 0 Å². The summed E-state index contributed by atoms with van der Waals surface area (Å²) >= 11 is 4.20. The van der Waals surface area contributed by atoms with E-state index >= 15 is 0 Å². The highest BCUT2D eigenvalue weighted by Gasteiger charge is 1.90. The fourth-order valence-electron chi connectivity index (χ4n) is 1.10. The first-order chi connectivity index (χ1) is 5.36. The lowest BCUT2D eigenvalue weighted by Gasteiger charge is -1.99. The molecule has 0 bridgehead atoms. The third-order valence-corrected chi connectivity index (χ3v) is 2.11. The van der Waals surface area contributed by atoms with Crippen LogP contribution in [0, 0.1) is 0 Å². The minimum absolute atomic E-state index is 0.840. The second-order valence-corrected chi connectivity index (χ2v) is 3.04. The molecular formula is C10H14S. The molecule has 60 valence electrons. The molecule has 0 atom stereocenters. The smallest absolute Gasteiger partial charge is 0.0154 e. The number of hydrogen-bond donors (Lipinski definition) is 1. The predicted molar refractivity (Wildman–Crippen MR) is 53.1 cm³/mol. The molecule has 1 rings (SSSR count). The van der Waals surface area contributed by atoms with Crippen LogP contribution >= 0.6 is 12.6 Å². The van der Waals surface area contributed by atoms with E-state index in [9.17, 15) is 0 Å². The van der Waals surface area contributed by atoms with Gasteiger partial charge in [-0.2, -0.15) is 12.6 Å². The second-order valence-electron chi connectivity index (χ2n) is 2.72. The Kier molecular flexibility index (Phi) is 3.50. The zero-order chi connectivity index (χ0) is 8.10. The Morgan fingerprint density at radius 1 is 1.09 bits per heavy atom. The SMILES string of the molecule is CCCc1ccc(CS)cc1. The molecule has 0 aliphatic heterocycles. The van der Waals surface area contributed by atoms with Gasteiger partial charge in [-0.25, -0.2) is 0 Å². The Morgan fingerprint density at radius 2 is 1.64 bits per heavy atom. The first-order valence-electron chi connectivity index (χ1n) is 4.05. The quantitative estimate of drug-likeness (QED) is 0.655. The van der Waals surface area contributed by atoms with Crippen molar-refractivity contribution in [3.8, 4) is 0 Å². The van der Waals surface area contributed by atoms with Gasteiger partial charge >= 0.3 is 0 Å². The van der Waals surface area contributed by atoms with E-state index in [2.05, 4.69) is 43.8 Å². The van der Waals surface area contributed by atoms with Gasteiger partial charge in [0.25, 0.3) is 0 Å². The maximum Gasteiger partial charge on any atom is 0.0154 e. The summed E-state index contributed by atoms with van der Waals surface area (Å²) in [5.74, 6) is 0.840. The van der Waals surface area contributed by atoms with Crippen LogP contribution in [-0.4, -0.2) is 0 Å². The highest BCUT2D eigenvalue weighted by Crippen LogP contribution is 2.07. The summed E-state index contributed by atoms with van der Waals surface area (Å²) in [6.07, 6.45) is 2.41. The normalized spacial score (nSPS) is 10.0. The Hall–Kier alpha value is -0.430. The summed E-state index contributed by atoms with van der Waals surface area (Å²) in [5, 5.41) is 0. The summed E-state index contributed by atoms with van der Waals surface area (Å²) < 4.78 is 0. The van der Waals surface area contributed by atoms with Crippen molar-refractivity contribution in [2.24, 2.45) is 0 Å². The van der Waals surface area contributed by atoms with Crippen molar-refractivity contribution in [1.82, 2.24) is 0 Å². The van der Waals surface area contributed by atoms with Crippen LogP contribution in [0.15, 0.2) is 24.3 Å². The Morgan fingerprint density at radius 3 is 2.09 bits per heavy atom. The predicted octanol–water partition coefficient (Wildman–Crippen LogP) is 3.07. The molecule has 0 aliphatic rings. The van der Waals surface area contributed by atoms with E-state index < -0.39 is 0 Å². The largest absolute Gasteiger partial charge is 0.175 e. The van der Waals surface area contributed by atoms with E-state index in [1.54, 1.807) is 0 Å². The molecule has 0 aromatic heterocycles. The van der Waals surface area contributed by atoms with Crippen molar-refractivity contribution in [2.75, 3.05) is 0 Å². The average Bonchev–Trinajstić information content (AvgIpc) is 2.07. The number of aryl methyl sites for hydroxylation is 1. The van der Waals surface area contributed by atoms with Gasteiger partial charge in [0.1, 0.15) is 0 Å². The molecule has 0 radical (unpaired) electrons. The van der Waals surface area contributed by atoms with Crippen molar-refractivity contribution in [2.45, 2.75) is 25.5 Å². The van der Waals surface area contributed by atoms with Gasteiger partial charge in [0.15, 0.2) is 0 Å². The van der Waals surface area contributed by atoms with Crippen molar-refractivity contribution in [3.05, 3.63) is 35.4 Å². The van der Waals surface area contributed by atoms with Crippen molar-refractivity contribution < 1.29 is 0 Å². The van der Waals surface area contributed by atoms with Crippen LogP contribution in [0.2, 0.25) is 0 Å². The fraction of sp³-hybridized carbons (Fsp3) is 0.400. The maximum absolute atomic E-state index is 4.20. The third kappa shape index (κ3) is 2.58. The average molecular weight is 166 g/mol. The van der Waals surface area contributed by atoms with Gasteiger partial charge in [0.05, 0.1) is 0 Å². The van der Waals surface area contributed by atoms with Gasteiger partial charge in [-0.05, 0) is 17.5 Å². The van der Waals surface area contributed by atoms with E-state index in [0.717, 1.165) is 5.75 Å². The second kappa shape index (κ2) is 4.45. The minimum Gasteiger partial charge on any atom is -0.175 e. The number of hydrogen-bond acceptors (Lipinski definition) is 1. The van der Waals surface area contributed by atoms with E-state index in [4.69, 9.17) is 0 Å². The molecular weight excluding hydrogens is 152 g/mol. The molecule has 0 unspecified atom stereocenters. The van der Waals surface area contributed by atoms with Crippen LogP contribution in [0.1, 0.15) is 24.5 Å². The summed E-state index contributed by atoms with van der Waals surface area (Å²) in [4.78, 5) is 0. The van der Waals surface area contributed by atoms with Gasteiger partial charge in [0.2, 0.25) is 0 Å². The van der Waals surface area contributed by atoms with Gasteiger partial charge in [0, 0.05) is 5.75 Å². The van der Waals surface area contributed by atoms with Crippen molar-refractivity contribution in [1.29, 1.82) is 0 Å². The van der Waals surface area contributed by atoms with E-state index in [1.807, 2.05) is 0 Å². The van der Waals surface area contributed by atoms with Crippen LogP contribution in [0.5, 0.6) is 0 Å². The molecule has 1 aromatic carbocycles. The standard InChI is InChI=1S/C10H14S/c1-2-3-9-4-6-10(8-11)7-5-9/h4-7,11H,2-3,8H2,1H3. The zero-order valence-electron chi connectivity index (χ0n) is 6.88. The molecule has 0 amide bonds. The maximum atomic E-state index is 4.20. The van der Waals surface area contributed by atoms with Crippen LogP contribution in [0.3, 0.4) is 0 Å². The Balaban J connectivity index is 2.66. The molecule has 0 saturated heterocycles. The molecule has 0 aliphatic carbocycles. The highest BCUT2D eigenvalue weighted by atomic mass is 32.1. The summed E-state index contributed by atoms with van der Waals surface area (Å²) in [7, 11) is 0. The highest BCUT2D eigenvalue weighted by molar-refractivity contribution is 7.79. The lowest BCUT2D eigenvalue weighted by molar-refractivity contribution is 0.921. The van der Waals surface area contributed by atoms with Gasteiger partial charge in [-0.1, -0.05) is 37.6 Å². The molecule has 0 fully saturated rings. The van der Waals surface area contributed by atoms with Crippen molar-refractivity contribution >= 4 is 12.6 Å². The lowest BCUT2D eigenvalue weighted by atomic mass is 10.1. The number of thiol groups is 1. The molecule has 0 nitrogen and oxygen atoms in total. The molecule has 0 saturated carbocycles. The topological polar surface area (TPSA) is 0 Å². The molecule has 1 aromatic rings. The van der Waals surface area contributed by atoms with Crippen LogP contribution < -0.4 is 0 Å². The van der Waals surface area contributed by atoms with Crippen LogP contribution in [0.25, 0.3) is 0 Å². The molecule has 0 heterocycles. The van der Waals surface area contributed by atoms with Crippen molar-refractivity contribution in [3.63, 3.8) is 0 Å². The number of benzene rings is 1. The van der Waals surface area contributed by atoms with Gasteiger partial charge in [-0.15, -0.1) is 0 Å². The third-order valence-electron chi connectivity index (χ3n) is 1.74. The Labute approximate surface area is 74.0 Å². The summed E-state index contributed by atoms with van der Waals surface area (Å²) in [6, 6.07) is 8.68. The lowest BCUT2D eigenvalue weighted by Crippen LogP contribution is -1.83. The number of rotatable bonds is 3. The molecule has 0 spiro atoms. The summed E-state index contributed by atoms with van der Waals surface area (Å²) in [5.41, 5.74) is 2.73. The minimum atomic E-state index is 0.840. The van der Waals surface area contributed by atoms with Crippen LogP contribution in [-0.2, 0) is 12.2 Å². The summed E-state index contributed by atoms with van der Waals surface area (Å²) in [6.45, 7) is 2.20. The monoisotopic (exact) mass is 166 g/mol. The van der Waals surface area contributed by atoms with E-state index in [1.165, 1.54) is 24.0 Å². The Bertz CT molecular complexity index is 201. The molecule has 0 N–H and O–H groups in total. The van der Waals surface area contributed by atoms with Crippen LogP contribution in [0.4, 0.5) is 0 Å². The first kappa shape index (κ1) is 8.66. The molecule has 1 heteroatoms. The first-order valence-corrected chi connectivity index (χ1v) is 4.68. The zero-order valence-corrected chi connectivity index (χ0v) is 7.77. The van der Waals surface area contributed by atoms with Gasteiger partial charge < -0.3 is 0 Å². The van der Waals surface area contributed by atoms with E-state index in [0.29, 0.717) is 0 Å². The van der Waals surface area contributed by atoms with E-state index in [-0.39, 0.29) is 0 Å². The molecule has 11 heavy (non-hydrogen) atoms.